The summed E-state index contributed by atoms with van der Waals surface area (Å²) < 4.78 is 2.41. The van der Waals surface area contributed by atoms with E-state index in [2.05, 4.69) is 53.0 Å². The predicted molar refractivity (Wildman–Crippen MR) is 69.0 cm³/mol. The molecule has 1 aliphatic rings. The van der Waals surface area contributed by atoms with E-state index in [0.717, 1.165) is 18.9 Å². The fourth-order valence-corrected chi connectivity index (χ4v) is 2.62. The molecular weight excluding hydrogens is 208 g/mol. The minimum Gasteiger partial charge on any atom is -0.332 e. The lowest BCUT2D eigenvalue weighted by atomic mass is 9.98. The first-order chi connectivity index (χ1) is 8.33. The first kappa shape index (κ1) is 10.6. The Morgan fingerprint density at radius 2 is 2.12 bits per heavy atom. The number of nitrogens with zero attached hydrogens (tertiary/aromatic N) is 2. The van der Waals surface area contributed by atoms with E-state index < -0.39 is 0 Å². The third-order valence-corrected chi connectivity index (χ3v) is 3.63. The molecule has 88 valence electrons. The Hall–Kier alpha value is -1.57. The predicted octanol–water partition coefficient (Wildman–Crippen LogP) is 3.06. The van der Waals surface area contributed by atoms with Crippen LogP contribution >= 0.6 is 0 Å². The summed E-state index contributed by atoms with van der Waals surface area (Å²) >= 11 is 0. The lowest BCUT2D eigenvalue weighted by Crippen LogP contribution is -2.18. The van der Waals surface area contributed by atoms with Crippen molar-refractivity contribution < 1.29 is 0 Å². The Balaban J connectivity index is 1.85. The van der Waals surface area contributed by atoms with Crippen LogP contribution in [0.1, 0.15) is 30.4 Å². The average Bonchev–Trinajstić information content (AvgIpc) is 2.73. The van der Waals surface area contributed by atoms with Gasteiger partial charge in [-0.15, -0.1) is 0 Å². The number of aromatic nitrogens is 2. The lowest BCUT2D eigenvalue weighted by Gasteiger charge is -2.21. The van der Waals surface area contributed by atoms with Gasteiger partial charge in [-0.3, -0.25) is 0 Å². The third-order valence-electron chi connectivity index (χ3n) is 3.63. The second-order valence-electron chi connectivity index (χ2n) is 5.08. The zero-order chi connectivity index (χ0) is 11.7. The molecule has 0 saturated heterocycles. The molecule has 1 unspecified atom stereocenters. The van der Waals surface area contributed by atoms with E-state index in [9.17, 15) is 0 Å². The van der Waals surface area contributed by atoms with Crippen molar-refractivity contribution in [1.29, 1.82) is 0 Å². The average molecular weight is 226 g/mol. The molecule has 1 atom stereocenters. The number of hydrogen-bond donors (Lipinski definition) is 0. The molecule has 1 aromatic heterocycles. The fourth-order valence-electron chi connectivity index (χ4n) is 2.62. The Morgan fingerprint density at radius 3 is 2.94 bits per heavy atom. The standard InChI is InChI=1S/C15H18N2/c1-12-7-8-17-14(9-12)11-16-15(17)10-13-5-3-2-4-6-13/h2-6,11-12H,7-10H2,1H3. The van der Waals surface area contributed by atoms with Gasteiger partial charge in [0.1, 0.15) is 5.82 Å². The SMILES string of the molecule is CC1CCn2c(cnc2Cc2ccccc2)C1. The molecule has 3 rings (SSSR count). The van der Waals surface area contributed by atoms with Crippen LogP contribution in [0.4, 0.5) is 0 Å². The molecule has 2 heterocycles. The molecule has 0 bridgehead atoms. The highest BCUT2D eigenvalue weighted by Crippen LogP contribution is 2.22. The van der Waals surface area contributed by atoms with Crippen LogP contribution in [-0.2, 0) is 19.4 Å². The van der Waals surface area contributed by atoms with Crippen LogP contribution in [-0.4, -0.2) is 9.55 Å². The molecule has 0 saturated carbocycles. The van der Waals surface area contributed by atoms with Crippen molar-refractivity contribution >= 4 is 0 Å². The molecule has 1 aromatic carbocycles. The van der Waals surface area contributed by atoms with Crippen LogP contribution in [0, 0.1) is 5.92 Å². The summed E-state index contributed by atoms with van der Waals surface area (Å²) in [7, 11) is 0. The molecule has 0 N–H and O–H groups in total. The van der Waals surface area contributed by atoms with Crippen LogP contribution in [0.15, 0.2) is 36.5 Å². The second-order valence-corrected chi connectivity index (χ2v) is 5.08. The quantitative estimate of drug-likeness (QED) is 0.769. The molecule has 1 aliphatic heterocycles. The van der Waals surface area contributed by atoms with Gasteiger partial charge in [0.15, 0.2) is 0 Å². The maximum absolute atomic E-state index is 4.59. The van der Waals surface area contributed by atoms with Gasteiger partial charge in [0.2, 0.25) is 0 Å². The Labute approximate surface area is 102 Å². The molecule has 2 heteroatoms. The van der Waals surface area contributed by atoms with Crippen LogP contribution < -0.4 is 0 Å². The summed E-state index contributed by atoms with van der Waals surface area (Å²) in [5.74, 6) is 2.03. The smallest absolute Gasteiger partial charge is 0.113 e. The molecule has 0 spiro atoms. The van der Waals surface area contributed by atoms with Crippen molar-refractivity contribution in [2.24, 2.45) is 5.92 Å². The molecule has 0 fully saturated rings. The number of benzene rings is 1. The third kappa shape index (κ3) is 2.12. The van der Waals surface area contributed by atoms with Crippen LogP contribution in [0.2, 0.25) is 0 Å². The van der Waals surface area contributed by atoms with Crippen molar-refractivity contribution in [3.63, 3.8) is 0 Å². The van der Waals surface area contributed by atoms with Crippen LogP contribution in [0.3, 0.4) is 0 Å². The van der Waals surface area contributed by atoms with Gasteiger partial charge >= 0.3 is 0 Å². The summed E-state index contributed by atoms with van der Waals surface area (Å²) in [4.78, 5) is 4.59. The summed E-state index contributed by atoms with van der Waals surface area (Å²) in [6.07, 6.45) is 5.48. The van der Waals surface area contributed by atoms with Crippen LogP contribution in [0.5, 0.6) is 0 Å². The summed E-state index contributed by atoms with van der Waals surface area (Å²) in [5.41, 5.74) is 2.76. The Morgan fingerprint density at radius 1 is 1.29 bits per heavy atom. The van der Waals surface area contributed by atoms with E-state index in [0.29, 0.717) is 0 Å². The number of hydrogen-bond acceptors (Lipinski definition) is 1. The number of rotatable bonds is 2. The zero-order valence-corrected chi connectivity index (χ0v) is 10.3. The topological polar surface area (TPSA) is 17.8 Å². The lowest BCUT2D eigenvalue weighted by molar-refractivity contribution is 0.410. The molecular formula is C15H18N2. The fraction of sp³-hybridized carbons (Fsp3) is 0.400. The van der Waals surface area contributed by atoms with Crippen molar-refractivity contribution in [1.82, 2.24) is 9.55 Å². The molecule has 0 radical (unpaired) electrons. The highest BCUT2D eigenvalue weighted by atomic mass is 15.1. The van der Waals surface area contributed by atoms with E-state index in [1.807, 2.05) is 0 Å². The normalized spacial score (nSPS) is 19.0. The van der Waals surface area contributed by atoms with E-state index in [-0.39, 0.29) is 0 Å². The van der Waals surface area contributed by atoms with E-state index in [1.165, 1.54) is 29.9 Å². The first-order valence-electron chi connectivity index (χ1n) is 6.40. The van der Waals surface area contributed by atoms with E-state index >= 15 is 0 Å². The largest absolute Gasteiger partial charge is 0.332 e. The highest BCUT2D eigenvalue weighted by molar-refractivity contribution is 5.21. The minimum absolute atomic E-state index is 0.809. The van der Waals surface area contributed by atoms with Crippen LogP contribution in [0.25, 0.3) is 0 Å². The maximum atomic E-state index is 4.59. The second kappa shape index (κ2) is 4.36. The first-order valence-corrected chi connectivity index (χ1v) is 6.40. The summed E-state index contributed by atoms with van der Waals surface area (Å²) in [6.45, 7) is 3.46. The number of fused-ring (bicyclic) bond motifs is 1. The number of imidazole rings is 1. The minimum atomic E-state index is 0.809. The van der Waals surface area contributed by atoms with Gasteiger partial charge < -0.3 is 4.57 Å². The van der Waals surface area contributed by atoms with Crippen molar-refractivity contribution in [2.75, 3.05) is 0 Å². The van der Waals surface area contributed by atoms with Gasteiger partial charge in [-0.05, 0) is 24.3 Å². The molecule has 2 nitrogen and oxygen atoms in total. The van der Waals surface area contributed by atoms with Gasteiger partial charge in [-0.2, -0.15) is 0 Å². The van der Waals surface area contributed by atoms with Crippen molar-refractivity contribution in [2.45, 2.75) is 32.7 Å². The van der Waals surface area contributed by atoms with E-state index in [1.54, 1.807) is 0 Å². The van der Waals surface area contributed by atoms with Crippen molar-refractivity contribution in [3.8, 4) is 0 Å². The van der Waals surface area contributed by atoms with Crippen molar-refractivity contribution in [3.05, 3.63) is 53.6 Å². The maximum Gasteiger partial charge on any atom is 0.113 e. The zero-order valence-electron chi connectivity index (χ0n) is 10.3. The van der Waals surface area contributed by atoms with Gasteiger partial charge in [-0.25, -0.2) is 4.98 Å². The molecule has 0 amide bonds. The van der Waals surface area contributed by atoms with E-state index in [4.69, 9.17) is 0 Å². The Bertz CT molecular complexity index is 499. The van der Waals surface area contributed by atoms with Gasteiger partial charge in [-0.1, -0.05) is 37.3 Å². The summed E-state index contributed by atoms with van der Waals surface area (Å²) in [5, 5.41) is 0. The molecule has 17 heavy (non-hydrogen) atoms. The van der Waals surface area contributed by atoms with Gasteiger partial charge in [0.25, 0.3) is 0 Å². The summed E-state index contributed by atoms with van der Waals surface area (Å²) in [6, 6.07) is 10.6. The Kier molecular flexibility index (Phi) is 2.71. The van der Waals surface area contributed by atoms with Gasteiger partial charge in [0, 0.05) is 24.9 Å². The molecule has 0 aliphatic carbocycles. The monoisotopic (exact) mass is 226 g/mol. The highest BCUT2D eigenvalue weighted by Gasteiger charge is 2.18. The van der Waals surface area contributed by atoms with Gasteiger partial charge in [0.05, 0.1) is 0 Å². The molecule has 2 aromatic rings.